The first-order valence-electron chi connectivity index (χ1n) is 10.4. The molecule has 0 aromatic heterocycles. The Kier molecular flexibility index (Phi) is 7.13. The van der Waals surface area contributed by atoms with E-state index in [9.17, 15) is 14.7 Å². The van der Waals surface area contributed by atoms with Crippen LogP contribution in [0.3, 0.4) is 0 Å². The lowest BCUT2D eigenvalue weighted by Gasteiger charge is -2.25. The molecule has 2 aromatic rings. The maximum atomic E-state index is 13.0. The third-order valence-electron chi connectivity index (χ3n) is 5.12. The molecule has 0 aliphatic carbocycles. The number of aliphatic hydroxyl groups excluding tert-OH is 1. The summed E-state index contributed by atoms with van der Waals surface area (Å²) in [4.78, 5) is 27.4. The van der Waals surface area contributed by atoms with Crippen LogP contribution in [0.2, 0.25) is 0 Å². The predicted molar refractivity (Wildman–Crippen MR) is 119 cm³/mol. The summed E-state index contributed by atoms with van der Waals surface area (Å²) in [7, 11) is 1.60. The molecule has 2 aromatic carbocycles. The Hall–Kier alpha value is -3.12. The Balaban J connectivity index is 2.10. The van der Waals surface area contributed by atoms with Gasteiger partial charge in [-0.3, -0.25) is 9.59 Å². The van der Waals surface area contributed by atoms with Gasteiger partial charge >= 0.3 is 0 Å². The maximum absolute atomic E-state index is 13.0. The topological polar surface area (TPSA) is 76.1 Å². The third-order valence-corrected chi connectivity index (χ3v) is 5.12. The molecule has 0 saturated carbocycles. The zero-order valence-electron chi connectivity index (χ0n) is 18.4. The van der Waals surface area contributed by atoms with Crippen LogP contribution in [0.15, 0.2) is 54.1 Å². The largest absolute Gasteiger partial charge is 0.507 e. The summed E-state index contributed by atoms with van der Waals surface area (Å²) in [6.07, 6.45) is 0.555. The standard InChI is InChI=1S/C25H29NO5/c1-16(2)31-20-11-6-10-19(15-20)23(27)21-22(18-9-5-8-17(3)14-18)26(12-7-13-30-4)25(29)24(21)28/h5-6,8-11,14-16,22,27H,7,12-13H2,1-4H3/b23-21-. The number of benzene rings is 2. The molecule has 1 atom stereocenters. The molecule has 1 heterocycles. The Morgan fingerprint density at radius 3 is 2.55 bits per heavy atom. The normalized spacial score (nSPS) is 18.1. The molecule has 6 nitrogen and oxygen atoms in total. The summed E-state index contributed by atoms with van der Waals surface area (Å²) in [5.74, 6) is -0.913. The van der Waals surface area contributed by atoms with E-state index in [0.29, 0.717) is 30.9 Å². The number of carbonyl (C=O) groups excluding carboxylic acids is 2. The molecule has 164 valence electrons. The van der Waals surface area contributed by atoms with Gasteiger partial charge in [-0.25, -0.2) is 0 Å². The van der Waals surface area contributed by atoms with E-state index in [2.05, 4.69) is 0 Å². The number of carbonyl (C=O) groups is 2. The minimum absolute atomic E-state index is 0.0314. The van der Waals surface area contributed by atoms with E-state index < -0.39 is 17.7 Å². The molecule has 1 amide bonds. The minimum atomic E-state index is -0.684. The minimum Gasteiger partial charge on any atom is -0.507 e. The molecule has 31 heavy (non-hydrogen) atoms. The van der Waals surface area contributed by atoms with Crippen LogP contribution in [0.5, 0.6) is 5.75 Å². The molecule has 0 radical (unpaired) electrons. The van der Waals surface area contributed by atoms with Gasteiger partial charge in [0.1, 0.15) is 11.5 Å². The molecule has 6 heteroatoms. The predicted octanol–water partition coefficient (Wildman–Crippen LogP) is 4.24. The van der Waals surface area contributed by atoms with Crippen LogP contribution in [0.4, 0.5) is 0 Å². The van der Waals surface area contributed by atoms with Crippen molar-refractivity contribution in [3.8, 4) is 5.75 Å². The molecular weight excluding hydrogens is 394 g/mol. The monoisotopic (exact) mass is 423 g/mol. The van der Waals surface area contributed by atoms with Gasteiger partial charge in [0.15, 0.2) is 0 Å². The third kappa shape index (κ3) is 4.97. The number of amides is 1. The van der Waals surface area contributed by atoms with E-state index in [1.807, 2.05) is 45.0 Å². The fraction of sp³-hybridized carbons (Fsp3) is 0.360. The van der Waals surface area contributed by atoms with Crippen LogP contribution in [0, 0.1) is 6.92 Å². The molecule has 1 aliphatic heterocycles. The van der Waals surface area contributed by atoms with Crippen molar-refractivity contribution < 1.29 is 24.2 Å². The summed E-state index contributed by atoms with van der Waals surface area (Å²) in [5, 5.41) is 11.2. The van der Waals surface area contributed by atoms with Crippen molar-refractivity contribution in [1.29, 1.82) is 0 Å². The Morgan fingerprint density at radius 1 is 1.13 bits per heavy atom. The Bertz CT molecular complexity index is 995. The van der Waals surface area contributed by atoms with E-state index >= 15 is 0 Å². The number of ketones is 1. The number of rotatable bonds is 8. The zero-order chi connectivity index (χ0) is 22.5. The van der Waals surface area contributed by atoms with Crippen LogP contribution in [0.1, 0.15) is 43.0 Å². The van der Waals surface area contributed by atoms with Crippen molar-refractivity contribution in [2.45, 2.75) is 39.3 Å². The summed E-state index contributed by atoms with van der Waals surface area (Å²) < 4.78 is 10.8. The van der Waals surface area contributed by atoms with E-state index in [4.69, 9.17) is 9.47 Å². The maximum Gasteiger partial charge on any atom is 0.295 e. The van der Waals surface area contributed by atoms with Gasteiger partial charge in [0.05, 0.1) is 17.7 Å². The van der Waals surface area contributed by atoms with Gasteiger partial charge in [0.25, 0.3) is 11.7 Å². The smallest absolute Gasteiger partial charge is 0.295 e. The summed E-state index contributed by atoms with van der Waals surface area (Å²) in [5.41, 5.74) is 2.32. The number of hydrogen-bond donors (Lipinski definition) is 1. The zero-order valence-corrected chi connectivity index (χ0v) is 18.4. The number of hydrogen-bond acceptors (Lipinski definition) is 5. The van der Waals surface area contributed by atoms with Gasteiger partial charge in [-0.2, -0.15) is 0 Å². The lowest BCUT2D eigenvalue weighted by Crippen LogP contribution is -2.31. The molecule has 1 aliphatic rings. The van der Waals surface area contributed by atoms with Crippen LogP contribution >= 0.6 is 0 Å². The van der Waals surface area contributed by atoms with Gasteiger partial charge in [0, 0.05) is 25.8 Å². The summed E-state index contributed by atoms with van der Waals surface area (Å²) in [6.45, 7) is 6.60. The Morgan fingerprint density at radius 2 is 1.87 bits per heavy atom. The van der Waals surface area contributed by atoms with Crippen LogP contribution < -0.4 is 4.74 Å². The van der Waals surface area contributed by atoms with Gasteiger partial charge < -0.3 is 19.5 Å². The molecule has 1 unspecified atom stereocenters. The highest BCUT2D eigenvalue weighted by Gasteiger charge is 2.45. The summed E-state index contributed by atoms with van der Waals surface area (Å²) >= 11 is 0. The number of likely N-dealkylation sites (tertiary alicyclic amines) is 1. The summed E-state index contributed by atoms with van der Waals surface area (Å²) in [6, 6.07) is 13.9. The van der Waals surface area contributed by atoms with Crippen molar-refractivity contribution >= 4 is 17.4 Å². The first-order valence-corrected chi connectivity index (χ1v) is 10.4. The number of aliphatic hydroxyl groups is 1. The van der Waals surface area contributed by atoms with E-state index in [-0.39, 0.29) is 17.4 Å². The highest BCUT2D eigenvalue weighted by atomic mass is 16.5. The second-order valence-corrected chi connectivity index (χ2v) is 7.95. The van der Waals surface area contributed by atoms with Crippen LogP contribution in [-0.2, 0) is 14.3 Å². The lowest BCUT2D eigenvalue weighted by atomic mass is 9.94. The Labute approximate surface area is 183 Å². The number of ether oxygens (including phenoxy) is 2. The average molecular weight is 424 g/mol. The van der Waals surface area contributed by atoms with Crippen LogP contribution in [-0.4, -0.2) is 48.1 Å². The highest BCUT2D eigenvalue weighted by molar-refractivity contribution is 6.46. The highest BCUT2D eigenvalue weighted by Crippen LogP contribution is 2.40. The second-order valence-electron chi connectivity index (χ2n) is 7.95. The van der Waals surface area contributed by atoms with Gasteiger partial charge in [-0.05, 0) is 44.9 Å². The van der Waals surface area contributed by atoms with Crippen molar-refractivity contribution in [3.05, 3.63) is 70.8 Å². The van der Waals surface area contributed by atoms with Crippen molar-refractivity contribution in [1.82, 2.24) is 4.90 Å². The van der Waals surface area contributed by atoms with E-state index in [1.165, 1.54) is 4.90 Å². The first kappa shape index (κ1) is 22.6. The first-order chi connectivity index (χ1) is 14.8. The number of Topliss-reactive ketones (excluding diaryl/α,β-unsaturated/α-hetero) is 1. The SMILES string of the molecule is COCCCN1C(=O)C(=O)/C(=C(\O)c2cccc(OC(C)C)c2)C1c1cccc(C)c1. The average Bonchev–Trinajstić information content (AvgIpc) is 2.98. The van der Waals surface area contributed by atoms with E-state index in [0.717, 1.165) is 11.1 Å². The number of methoxy groups -OCH3 is 1. The molecule has 0 spiro atoms. The molecule has 0 bridgehead atoms. The van der Waals surface area contributed by atoms with Crippen LogP contribution in [0.25, 0.3) is 5.76 Å². The van der Waals surface area contributed by atoms with Gasteiger partial charge in [0.2, 0.25) is 0 Å². The van der Waals surface area contributed by atoms with Crippen molar-refractivity contribution in [2.75, 3.05) is 20.3 Å². The van der Waals surface area contributed by atoms with Crippen molar-refractivity contribution in [3.63, 3.8) is 0 Å². The molecule has 1 saturated heterocycles. The number of aryl methyl sites for hydroxylation is 1. The second kappa shape index (κ2) is 9.79. The molecular formula is C25H29NO5. The van der Waals surface area contributed by atoms with E-state index in [1.54, 1.807) is 31.4 Å². The van der Waals surface area contributed by atoms with Crippen molar-refractivity contribution in [2.24, 2.45) is 0 Å². The van der Waals surface area contributed by atoms with Gasteiger partial charge in [-0.15, -0.1) is 0 Å². The lowest BCUT2D eigenvalue weighted by molar-refractivity contribution is -0.140. The molecule has 1 fully saturated rings. The quantitative estimate of drug-likeness (QED) is 0.297. The fourth-order valence-electron chi connectivity index (χ4n) is 3.82. The number of nitrogens with zero attached hydrogens (tertiary/aromatic N) is 1. The molecule has 1 N–H and O–H groups in total. The molecule has 3 rings (SSSR count). The fourth-order valence-corrected chi connectivity index (χ4v) is 3.82. The van der Waals surface area contributed by atoms with Gasteiger partial charge in [-0.1, -0.05) is 42.0 Å².